The highest BCUT2D eigenvalue weighted by Gasteiger charge is 2.28. The Hall–Kier alpha value is -1.68. The standard InChI is InChI=1S/C14H17FN2O/c1-10-8-17(9-13(10)16)14(18)7-4-11-2-5-12(15)6-3-11/h2-7,10,13H,8-9,16H2,1H3/b7-4+. The topological polar surface area (TPSA) is 46.3 Å². The number of nitrogens with zero attached hydrogens (tertiary/aromatic N) is 1. The molecule has 2 rings (SSSR count). The first-order valence-electron chi connectivity index (χ1n) is 6.04. The van der Waals surface area contributed by atoms with Gasteiger partial charge in [-0.05, 0) is 29.7 Å². The van der Waals surface area contributed by atoms with Crippen molar-refractivity contribution in [2.24, 2.45) is 11.7 Å². The zero-order chi connectivity index (χ0) is 13.1. The van der Waals surface area contributed by atoms with Crippen LogP contribution in [0.3, 0.4) is 0 Å². The zero-order valence-electron chi connectivity index (χ0n) is 10.3. The fraction of sp³-hybridized carbons (Fsp3) is 0.357. The second-order valence-corrected chi connectivity index (χ2v) is 4.77. The van der Waals surface area contributed by atoms with Gasteiger partial charge in [-0.25, -0.2) is 4.39 Å². The highest BCUT2D eigenvalue weighted by Crippen LogP contribution is 2.15. The van der Waals surface area contributed by atoms with Crippen molar-refractivity contribution in [1.82, 2.24) is 4.90 Å². The van der Waals surface area contributed by atoms with E-state index in [1.165, 1.54) is 18.2 Å². The van der Waals surface area contributed by atoms with Crippen molar-refractivity contribution in [3.05, 3.63) is 41.7 Å². The summed E-state index contributed by atoms with van der Waals surface area (Å²) in [5.74, 6) is 0.0186. The molecule has 2 unspecified atom stereocenters. The minimum Gasteiger partial charge on any atom is -0.337 e. The molecule has 0 saturated carbocycles. The van der Waals surface area contributed by atoms with Gasteiger partial charge in [0, 0.05) is 25.2 Å². The first-order chi connectivity index (χ1) is 8.56. The first kappa shape index (κ1) is 12.8. The Morgan fingerprint density at radius 1 is 1.39 bits per heavy atom. The molecule has 0 spiro atoms. The molecule has 1 aliphatic heterocycles. The van der Waals surface area contributed by atoms with Crippen molar-refractivity contribution in [1.29, 1.82) is 0 Å². The van der Waals surface area contributed by atoms with E-state index in [4.69, 9.17) is 5.73 Å². The summed E-state index contributed by atoms with van der Waals surface area (Å²) in [5, 5.41) is 0. The van der Waals surface area contributed by atoms with E-state index in [1.54, 1.807) is 23.1 Å². The predicted molar refractivity (Wildman–Crippen MR) is 69.2 cm³/mol. The van der Waals surface area contributed by atoms with Crippen LogP contribution in [-0.4, -0.2) is 29.9 Å². The van der Waals surface area contributed by atoms with E-state index in [-0.39, 0.29) is 17.8 Å². The third-order valence-corrected chi connectivity index (χ3v) is 3.27. The summed E-state index contributed by atoms with van der Waals surface area (Å²) >= 11 is 0. The summed E-state index contributed by atoms with van der Waals surface area (Å²) in [5.41, 5.74) is 6.68. The number of hydrogen-bond acceptors (Lipinski definition) is 2. The molecule has 1 aromatic carbocycles. The lowest BCUT2D eigenvalue weighted by Gasteiger charge is -2.12. The monoisotopic (exact) mass is 248 g/mol. The van der Waals surface area contributed by atoms with Gasteiger partial charge in [0.25, 0.3) is 0 Å². The molecule has 0 aromatic heterocycles. The van der Waals surface area contributed by atoms with Gasteiger partial charge in [0.2, 0.25) is 5.91 Å². The number of carbonyl (C=O) groups is 1. The van der Waals surface area contributed by atoms with Crippen LogP contribution in [0, 0.1) is 11.7 Å². The fourth-order valence-corrected chi connectivity index (χ4v) is 2.02. The van der Waals surface area contributed by atoms with Crippen LogP contribution >= 0.6 is 0 Å². The van der Waals surface area contributed by atoms with E-state index >= 15 is 0 Å². The minimum absolute atomic E-state index is 0.0425. The number of halogens is 1. The number of amides is 1. The number of rotatable bonds is 2. The molecule has 1 fully saturated rings. The maximum atomic E-state index is 12.7. The molecule has 0 bridgehead atoms. The van der Waals surface area contributed by atoms with Gasteiger partial charge >= 0.3 is 0 Å². The third-order valence-electron chi connectivity index (χ3n) is 3.27. The highest BCUT2D eigenvalue weighted by atomic mass is 19.1. The van der Waals surface area contributed by atoms with Crippen molar-refractivity contribution in [2.45, 2.75) is 13.0 Å². The van der Waals surface area contributed by atoms with Crippen LogP contribution < -0.4 is 5.73 Å². The van der Waals surface area contributed by atoms with Crippen LogP contribution in [0.2, 0.25) is 0 Å². The molecule has 2 N–H and O–H groups in total. The molecule has 3 nitrogen and oxygen atoms in total. The van der Waals surface area contributed by atoms with Crippen LogP contribution in [0.1, 0.15) is 12.5 Å². The Labute approximate surface area is 106 Å². The summed E-state index contributed by atoms with van der Waals surface area (Å²) in [6.45, 7) is 3.35. The molecule has 1 saturated heterocycles. The lowest BCUT2D eigenvalue weighted by Crippen LogP contribution is -2.31. The Balaban J connectivity index is 1.97. The van der Waals surface area contributed by atoms with Crippen LogP contribution in [0.5, 0.6) is 0 Å². The molecule has 96 valence electrons. The van der Waals surface area contributed by atoms with Crippen molar-refractivity contribution < 1.29 is 9.18 Å². The quantitative estimate of drug-likeness (QED) is 0.809. The summed E-state index contributed by atoms with van der Waals surface area (Å²) in [7, 11) is 0. The molecular weight excluding hydrogens is 231 g/mol. The summed E-state index contributed by atoms with van der Waals surface area (Å²) in [6, 6.07) is 6.08. The smallest absolute Gasteiger partial charge is 0.246 e. The lowest BCUT2D eigenvalue weighted by molar-refractivity contribution is -0.125. The molecule has 18 heavy (non-hydrogen) atoms. The molecule has 1 heterocycles. The SMILES string of the molecule is CC1CN(C(=O)/C=C/c2ccc(F)cc2)CC1N. The molecule has 0 radical (unpaired) electrons. The van der Waals surface area contributed by atoms with E-state index in [1.807, 2.05) is 6.92 Å². The van der Waals surface area contributed by atoms with E-state index in [2.05, 4.69) is 0 Å². The van der Waals surface area contributed by atoms with Crippen molar-refractivity contribution in [3.63, 3.8) is 0 Å². The average molecular weight is 248 g/mol. The molecule has 2 atom stereocenters. The molecule has 0 aliphatic carbocycles. The van der Waals surface area contributed by atoms with Gasteiger partial charge in [0.15, 0.2) is 0 Å². The lowest BCUT2D eigenvalue weighted by atomic mass is 10.1. The number of carbonyl (C=O) groups excluding carboxylic acids is 1. The number of benzene rings is 1. The summed E-state index contributed by atoms with van der Waals surface area (Å²) in [4.78, 5) is 13.6. The Morgan fingerprint density at radius 2 is 2.06 bits per heavy atom. The Kier molecular flexibility index (Phi) is 3.77. The number of hydrogen-bond donors (Lipinski definition) is 1. The van der Waals surface area contributed by atoms with E-state index in [0.29, 0.717) is 19.0 Å². The zero-order valence-corrected chi connectivity index (χ0v) is 10.3. The van der Waals surface area contributed by atoms with Crippen molar-refractivity contribution in [2.75, 3.05) is 13.1 Å². The van der Waals surface area contributed by atoms with Gasteiger partial charge < -0.3 is 10.6 Å². The van der Waals surface area contributed by atoms with Crippen LogP contribution in [0.15, 0.2) is 30.3 Å². The fourth-order valence-electron chi connectivity index (χ4n) is 2.02. The van der Waals surface area contributed by atoms with Gasteiger partial charge in [-0.15, -0.1) is 0 Å². The molecule has 1 aromatic rings. The minimum atomic E-state index is -0.280. The number of likely N-dealkylation sites (tertiary alicyclic amines) is 1. The van der Waals surface area contributed by atoms with Gasteiger partial charge in [-0.3, -0.25) is 4.79 Å². The highest BCUT2D eigenvalue weighted by molar-refractivity contribution is 5.92. The van der Waals surface area contributed by atoms with Gasteiger partial charge in [0.05, 0.1) is 0 Å². The summed E-state index contributed by atoms with van der Waals surface area (Å²) < 4.78 is 12.7. The van der Waals surface area contributed by atoms with Gasteiger partial charge in [0.1, 0.15) is 5.82 Å². The average Bonchev–Trinajstić information content (AvgIpc) is 2.69. The normalized spacial score (nSPS) is 23.8. The van der Waals surface area contributed by atoms with Crippen LogP contribution in [0.4, 0.5) is 4.39 Å². The van der Waals surface area contributed by atoms with E-state index in [9.17, 15) is 9.18 Å². The Bertz CT molecular complexity index is 445. The second-order valence-electron chi connectivity index (χ2n) is 4.77. The second kappa shape index (κ2) is 5.31. The first-order valence-corrected chi connectivity index (χ1v) is 6.04. The van der Waals surface area contributed by atoms with Gasteiger partial charge in [-0.1, -0.05) is 19.1 Å². The number of nitrogens with two attached hydrogens (primary N) is 1. The summed E-state index contributed by atoms with van der Waals surface area (Å²) in [6.07, 6.45) is 3.20. The van der Waals surface area contributed by atoms with Crippen molar-refractivity contribution >= 4 is 12.0 Å². The third kappa shape index (κ3) is 2.96. The maximum Gasteiger partial charge on any atom is 0.246 e. The van der Waals surface area contributed by atoms with Crippen molar-refractivity contribution in [3.8, 4) is 0 Å². The van der Waals surface area contributed by atoms with Crippen LogP contribution in [0.25, 0.3) is 6.08 Å². The van der Waals surface area contributed by atoms with Crippen LogP contribution in [-0.2, 0) is 4.79 Å². The maximum absolute atomic E-state index is 12.7. The predicted octanol–water partition coefficient (Wildman–Crippen LogP) is 1.64. The van der Waals surface area contributed by atoms with Gasteiger partial charge in [-0.2, -0.15) is 0 Å². The molecular formula is C14H17FN2O. The molecule has 1 aliphatic rings. The van der Waals surface area contributed by atoms with E-state index in [0.717, 1.165) is 5.56 Å². The van der Waals surface area contributed by atoms with E-state index < -0.39 is 0 Å². The molecule has 4 heteroatoms. The molecule has 1 amide bonds. The Morgan fingerprint density at radius 3 is 2.61 bits per heavy atom. The largest absolute Gasteiger partial charge is 0.337 e.